The lowest BCUT2D eigenvalue weighted by atomic mass is 10.1. The molecule has 0 amide bonds. The zero-order chi connectivity index (χ0) is 13.8. The van der Waals surface area contributed by atoms with Gasteiger partial charge in [-0.15, -0.1) is 0 Å². The molecule has 0 radical (unpaired) electrons. The molecular weight excluding hydrogens is 264 g/mol. The molecule has 0 aromatic heterocycles. The van der Waals surface area contributed by atoms with Crippen molar-refractivity contribution in [2.24, 2.45) is 0 Å². The summed E-state index contributed by atoms with van der Waals surface area (Å²) in [6.45, 7) is -0.363. The number of hydrogen-bond acceptors (Lipinski definition) is 3. The van der Waals surface area contributed by atoms with Crippen molar-refractivity contribution in [3.63, 3.8) is 0 Å². The third kappa shape index (κ3) is 1.87. The molecule has 1 aliphatic carbocycles. The Balaban J connectivity index is 2.18. The highest BCUT2D eigenvalue weighted by Gasteiger charge is 2.56. The smallest absolute Gasteiger partial charge is 0.482 e. The highest BCUT2D eigenvalue weighted by atomic mass is 19.4. The normalized spacial score (nSPS) is 19.6. The molecule has 0 unspecified atom stereocenters. The molecule has 1 heterocycles. The maximum absolute atomic E-state index is 13.3. The first-order valence-corrected chi connectivity index (χ1v) is 5.62. The van der Waals surface area contributed by atoms with E-state index in [1.54, 1.807) is 6.07 Å². The van der Waals surface area contributed by atoms with Crippen molar-refractivity contribution < 1.29 is 22.3 Å². The van der Waals surface area contributed by atoms with Crippen LogP contribution < -0.4 is 9.64 Å². The van der Waals surface area contributed by atoms with E-state index in [0.717, 1.165) is 12.1 Å². The average molecular weight is 272 g/mol. The Hall–Kier alpha value is -1.97. The lowest BCUT2D eigenvalue weighted by Crippen LogP contribution is -2.49. The van der Waals surface area contributed by atoms with Crippen LogP contribution >= 0.6 is 0 Å². The van der Waals surface area contributed by atoms with Crippen LogP contribution in [0.2, 0.25) is 0 Å². The van der Waals surface area contributed by atoms with Crippen molar-refractivity contribution in [3.8, 4) is 11.8 Å². The summed E-state index contributed by atoms with van der Waals surface area (Å²) < 4.78 is 57.9. The SMILES string of the molecule is N#Cc1cc(F)cc2c1OC1(CC1)CN2C(F)(F)F. The number of halogens is 4. The minimum atomic E-state index is -4.63. The number of rotatable bonds is 0. The summed E-state index contributed by atoms with van der Waals surface area (Å²) in [5.74, 6) is -1.06. The zero-order valence-corrected chi connectivity index (χ0v) is 9.59. The van der Waals surface area contributed by atoms with E-state index in [4.69, 9.17) is 10.00 Å². The number of hydrogen-bond donors (Lipinski definition) is 0. The molecule has 3 rings (SSSR count). The molecule has 7 heteroatoms. The van der Waals surface area contributed by atoms with Crippen LogP contribution in [0.25, 0.3) is 0 Å². The first-order chi connectivity index (χ1) is 8.85. The molecule has 1 saturated carbocycles. The van der Waals surface area contributed by atoms with E-state index in [0.29, 0.717) is 12.8 Å². The summed E-state index contributed by atoms with van der Waals surface area (Å²) in [7, 11) is 0. The molecule has 3 nitrogen and oxygen atoms in total. The molecule has 1 fully saturated rings. The zero-order valence-electron chi connectivity index (χ0n) is 9.59. The molecule has 0 N–H and O–H groups in total. The van der Waals surface area contributed by atoms with Gasteiger partial charge in [-0.05, 0) is 18.9 Å². The Labute approximate surface area is 106 Å². The van der Waals surface area contributed by atoms with Gasteiger partial charge < -0.3 is 4.74 Å². The fourth-order valence-corrected chi connectivity index (χ4v) is 2.22. The molecule has 0 bridgehead atoms. The van der Waals surface area contributed by atoms with E-state index in [-0.39, 0.29) is 22.8 Å². The second kappa shape index (κ2) is 3.53. The lowest BCUT2D eigenvalue weighted by Gasteiger charge is -2.37. The first kappa shape index (κ1) is 12.1. The number of nitrogens with zero attached hydrogens (tertiary/aromatic N) is 2. The van der Waals surface area contributed by atoms with Gasteiger partial charge in [-0.2, -0.15) is 18.4 Å². The monoisotopic (exact) mass is 272 g/mol. The van der Waals surface area contributed by atoms with Crippen LogP contribution in [0.4, 0.5) is 23.2 Å². The second-order valence-corrected chi connectivity index (χ2v) is 4.75. The molecule has 2 aliphatic rings. The Morgan fingerprint density at radius 3 is 2.53 bits per heavy atom. The molecule has 1 aromatic rings. The number of fused-ring (bicyclic) bond motifs is 1. The number of alkyl halides is 3. The fourth-order valence-electron chi connectivity index (χ4n) is 2.22. The van der Waals surface area contributed by atoms with Crippen LogP contribution in [0, 0.1) is 17.1 Å². The first-order valence-electron chi connectivity index (χ1n) is 5.62. The van der Waals surface area contributed by atoms with E-state index in [2.05, 4.69) is 0 Å². The van der Waals surface area contributed by atoms with E-state index >= 15 is 0 Å². The summed E-state index contributed by atoms with van der Waals surface area (Å²) in [6.07, 6.45) is -3.63. The van der Waals surface area contributed by atoms with Crippen molar-refractivity contribution >= 4 is 5.69 Å². The Morgan fingerprint density at radius 1 is 1.32 bits per heavy atom. The van der Waals surface area contributed by atoms with E-state index in [1.807, 2.05) is 0 Å². The fraction of sp³-hybridized carbons (Fsp3) is 0.417. The van der Waals surface area contributed by atoms with Crippen LogP contribution in [-0.4, -0.2) is 18.4 Å². The third-order valence-corrected chi connectivity index (χ3v) is 3.32. The largest absolute Gasteiger partial charge is 0.485 e. The van der Waals surface area contributed by atoms with Gasteiger partial charge in [0.15, 0.2) is 5.75 Å². The highest BCUT2D eigenvalue weighted by molar-refractivity contribution is 5.68. The molecule has 1 aromatic carbocycles. The third-order valence-electron chi connectivity index (χ3n) is 3.32. The minimum Gasteiger partial charge on any atom is -0.482 e. The summed E-state index contributed by atoms with van der Waals surface area (Å²) in [6, 6.07) is 3.31. The Morgan fingerprint density at radius 2 is 2.00 bits per heavy atom. The van der Waals surface area contributed by atoms with Crippen LogP contribution in [0.3, 0.4) is 0 Å². The number of benzene rings is 1. The van der Waals surface area contributed by atoms with E-state index in [9.17, 15) is 17.6 Å². The molecule has 1 spiro atoms. The van der Waals surface area contributed by atoms with Crippen LogP contribution in [-0.2, 0) is 0 Å². The number of nitriles is 1. The van der Waals surface area contributed by atoms with Gasteiger partial charge in [0.2, 0.25) is 0 Å². The standard InChI is InChI=1S/C12H8F4N2O/c13-8-3-7(5-17)10-9(4-8)18(12(14,15)16)6-11(19-10)1-2-11/h3-4H,1-2,6H2. The number of ether oxygens (including phenoxy) is 1. The Kier molecular flexibility index (Phi) is 2.24. The van der Waals surface area contributed by atoms with E-state index < -0.39 is 23.4 Å². The average Bonchev–Trinajstić information content (AvgIpc) is 3.06. The van der Waals surface area contributed by atoms with Gasteiger partial charge >= 0.3 is 6.30 Å². The molecule has 0 atom stereocenters. The topological polar surface area (TPSA) is 36.3 Å². The van der Waals surface area contributed by atoms with Gasteiger partial charge in [0.05, 0.1) is 17.8 Å². The molecule has 100 valence electrons. The minimum absolute atomic E-state index is 0.156. The molecule has 19 heavy (non-hydrogen) atoms. The van der Waals surface area contributed by atoms with Crippen molar-refractivity contribution in [3.05, 3.63) is 23.5 Å². The molecule has 0 saturated heterocycles. The molecule has 1 aliphatic heterocycles. The summed E-state index contributed by atoms with van der Waals surface area (Å²) >= 11 is 0. The van der Waals surface area contributed by atoms with Gasteiger partial charge in [-0.1, -0.05) is 0 Å². The highest BCUT2D eigenvalue weighted by Crippen LogP contribution is 2.52. The molecular formula is C12H8F4N2O. The van der Waals surface area contributed by atoms with Crippen molar-refractivity contribution in [2.45, 2.75) is 24.7 Å². The summed E-state index contributed by atoms with van der Waals surface area (Å²) in [4.78, 5) is 0.156. The lowest BCUT2D eigenvalue weighted by molar-refractivity contribution is -0.135. The maximum atomic E-state index is 13.3. The van der Waals surface area contributed by atoms with Crippen molar-refractivity contribution in [1.82, 2.24) is 0 Å². The van der Waals surface area contributed by atoms with Crippen LogP contribution in [0.15, 0.2) is 12.1 Å². The van der Waals surface area contributed by atoms with Crippen molar-refractivity contribution in [2.75, 3.05) is 11.4 Å². The van der Waals surface area contributed by atoms with Crippen molar-refractivity contribution in [1.29, 1.82) is 5.26 Å². The predicted octanol–water partition coefficient (Wildman–Crippen LogP) is 2.95. The van der Waals surface area contributed by atoms with Gasteiger partial charge in [0.1, 0.15) is 17.5 Å². The van der Waals surface area contributed by atoms with Gasteiger partial charge in [-0.25, -0.2) is 4.39 Å². The van der Waals surface area contributed by atoms with Gasteiger partial charge in [0, 0.05) is 6.07 Å². The number of anilines is 1. The second-order valence-electron chi connectivity index (χ2n) is 4.75. The quantitative estimate of drug-likeness (QED) is 0.538. The summed E-state index contributed by atoms with van der Waals surface area (Å²) in [5, 5.41) is 8.90. The van der Waals surface area contributed by atoms with E-state index in [1.165, 1.54) is 0 Å². The predicted molar refractivity (Wildman–Crippen MR) is 57.1 cm³/mol. The van der Waals surface area contributed by atoms with Gasteiger partial charge in [0.25, 0.3) is 0 Å². The Bertz CT molecular complexity index is 587. The maximum Gasteiger partial charge on any atom is 0.485 e. The van der Waals surface area contributed by atoms with Crippen LogP contribution in [0.1, 0.15) is 18.4 Å². The summed E-state index contributed by atoms with van der Waals surface area (Å²) in [5.41, 5.74) is -1.52. The van der Waals surface area contributed by atoms with Crippen LogP contribution in [0.5, 0.6) is 5.75 Å². The van der Waals surface area contributed by atoms with Gasteiger partial charge in [-0.3, -0.25) is 4.90 Å².